The fraction of sp³-hybridized carbons (Fsp3) is 0.533. The Balaban J connectivity index is 2.39. The smallest absolute Gasteiger partial charge is 0.315 e. The van der Waals surface area contributed by atoms with E-state index in [1.54, 1.807) is 26.2 Å². The Morgan fingerprint density at radius 2 is 2.10 bits per heavy atom. The first-order valence-electron chi connectivity index (χ1n) is 6.94. The molecule has 118 valence electrons. The number of methoxy groups -OCH3 is 1. The lowest BCUT2D eigenvalue weighted by molar-refractivity contribution is 0.163. The van der Waals surface area contributed by atoms with Gasteiger partial charge in [-0.2, -0.15) is 0 Å². The van der Waals surface area contributed by atoms with Crippen LogP contribution < -0.4 is 15.4 Å². The lowest BCUT2D eigenvalue weighted by Gasteiger charge is -2.15. The van der Waals surface area contributed by atoms with Crippen molar-refractivity contribution in [2.75, 3.05) is 13.7 Å². The summed E-state index contributed by atoms with van der Waals surface area (Å²) in [5.74, 6) is 0.867. The Hall–Kier alpha value is -1.46. The molecule has 6 heteroatoms. The number of nitrogens with one attached hydrogen (secondary N) is 2. The summed E-state index contributed by atoms with van der Waals surface area (Å²) >= 11 is 5.88. The fourth-order valence-electron chi connectivity index (χ4n) is 2.04. The highest BCUT2D eigenvalue weighted by atomic mass is 35.5. The van der Waals surface area contributed by atoms with Gasteiger partial charge in [0.25, 0.3) is 0 Å². The van der Waals surface area contributed by atoms with Gasteiger partial charge in [0.15, 0.2) is 0 Å². The Labute approximate surface area is 130 Å². The van der Waals surface area contributed by atoms with Gasteiger partial charge in [0.05, 0.1) is 13.2 Å². The fourth-order valence-corrected chi connectivity index (χ4v) is 2.20. The van der Waals surface area contributed by atoms with Crippen molar-refractivity contribution in [2.24, 2.45) is 5.92 Å². The Kier molecular flexibility index (Phi) is 7.32. The summed E-state index contributed by atoms with van der Waals surface area (Å²) < 4.78 is 5.22. The van der Waals surface area contributed by atoms with Crippen LogP contribution in [0.15, 0.2) is 18.2 Å². The molecule has 0 aliphatic carbocycles. The summed E-state index contributed by atoms with van der Waals surface area (Å²) in [7, 11) is 1.56. The molecule has 0 aliphatic heterocycles. The highest BCUT2D eigenvalue weighted by molar-refractivity contribution is 6.30. The molecule has 21 heavy (non-hydrogen) atoms. The van der Waals surface area contributed by atoms with Gasteiger partial charge in [-0.15, -0.1) is 0 Å². The molecular formula is C15H23ClN2O3. The van der Waals surface area contributed by atoms with Gasteiger partial charge in [0, 0.05) is 23.7 Å². The van der Waals surface area contributed by atoms with E-state index in [2.05, 4.69) is 10.6 Å². The highest BCUT2D eigenvalue weighted by Crippen LogP contribution is 2.22. The number of hydrogen-bond acceptors (Lipinski definition) is 3. The first-order valence-corrected chi connectivity index (χ1v) is 7.32. The summed E-state index contributed by atoms with van der Waals surface area (Å²) in [6.07, 6.45) is 0.300. The van der Waals surface area contributed by atoms with Crippen molar-refractivity contribution in [2.45, 2.75) is 32.9 Å². The number of amides is 2. The predicted molar refractivity (Wildman–Crippen MR) is 83.7 cm³/mol. The van der Waals surface area contributed by atoms with Gasteiger partial charge >= 0.3 is 6.03 Å². The zero-order valence-corrected chi connectivity index (χ0v) is 13.4. The molecule has 0 aliphatic rings. The zero-order chi connectivity index (χ0) is 15.8. The number of aliphatic hydroxyl groups excluding tert-OH is 1. The van der Waals surface area contributed by atoms with Crippen LogP contribution in [-0.2, 0) is 6.54 Å². The van der Waals surface area contributed by atoms with E-state index in [1.165, 1.54) is 0 Å². The van der Waals surface area contributed by atoms with Gasteiger partial charge in [-0.3, -0.25) is 0 Å². The molecule has 1 aromatic carbocycles. The van der Waals surface area contributed by atoms with E-state index in [0.717, 1.165) is 5.56 Å². The third-order valence-corrected chi connectivity index (χ3v) is 3.28. The number of hydrogen-bond donors (Lipinski definition) is 3. The minimum Gasteiger partial charge on any atom is -0.496 e. The number of urea groups is 1. The molecular weight excluding hydrogens is 292 g/mol. The maximum absolute atomic E-state index is 11.7. The Morgan fingerprint density at radius 3 is 2.71 bits per heavy atom. The lowest BCUT2D eigenvalue weighted by Crippen LogP contribution is -2.37. The molecule has 5 nitrogen and oxygen atoms in total. The minimum atomic E-state index is -0.358. The number of ether oxygens (including phenoxy) is 1. The molecule has 0 radical (unpaired) electrons. The normalized spacial score (nSPS) is 13.4. The number of benzene rings is 1. The van der Waals surface area contributed by atoms with Crippen LogP contribution in [0.1, 0.15) is 25.8 Å². The van der Waals surface area contributed by atoms with Crippen molar-refractivity contribution < 1.29 is 14.6 Å². The second-order valence-electron chi connectivity index (χ2n) is 5.21. The third-order valence-electron chi connectivity index (χ3n) is 3.04. The molecule has 0 fully saturated rings. The maximum Gasteiger partial charge on any atom is 0.315 e. The van der Waals surface area contributed by atoms with Gasteiger partial charge in [0.1, 0.15) is 5.75 Å². The molecule has 1 aromatic rings. The van der Waals surface area contributed by atoms with Crippen LogP contribution in [0.25, 0.3) is 0 Å². The van der Waals surface area contributed by atoms with Crippen molar-refractivity contribution in [3.63, 3.8) is 0 Å². The number of carbonyl (C=O) groups is 1. The maximum atomic E-state index is 11.7. The molecule has 0 bridgehead atoms. The first-order chi connectivity index (χ1) is 9.92. The lowest BCUT2D eigenvalue weighted by atomic mass is 10.1. The third kappa shape index (κ3) is 6.69. The van der Waals surface area contributed by atoms with Crippen molar-refractivity contribution in [1.29, 1.82) is 0 Å². The SMILES string of the molecule is COc1cc(Cl)ccc1CNC(=O)NCC(C)CC(C)O. The Bertz CT molecular complexity index is 466. The van der Waals surface area contributed by atoms with Crippen LogP contribution in [0.3, 0.4) is 0 Å². The molecule has 0 spiro atoms. The van der Waals surface area contributed by atoms with Gasteiger partial charge in [-0.05, 0) is 31.4 Å². The van der Waals surface area contributed by atoms with Crippen LogP contribution in [0.4, 0.5) is 4.79 Å². The van der Waals surface area contributed by atoms with Gasteiger partial charge in [-0.1, -0.05) is 24.6 Å². The molecule has 2 atom stereocenters. The summed E-state index contributed by atoms with van der Waals surface area (Å²) in [5.41, 5.74) is 0.856. The van der Waals surface area contributed by atoms with E-state index in [1.807, 2.05) is 13.0 Å². The van der Waals surface area contributed by atoms with Gasteiger partial charge < -0.3 is 20.5 Å². The molecule has 2 amide bonds. The van der Waals surface area contributed by atoms with Crippen LogP contribution in [0, 0.1) is 5.92 Å². The number of carbonyl (C=O) groups excluding carboxylic acids is 1. The van der Waals surface area contributed by atoms with E-state index in [9.17, 15) is 9.90 Å². The summed E-state index contributed by atoms with van der Waals surface area (Å²) in [5, 5.41) is 15.4. The average Bonchev–Trinajstić information content (AvgIpc) is 2.42. The predicted octanol–water partition coefficient (Wildman–Crippen LogP) is 2.55. The quantitative estimate of drug-likeness (QED) is 0.724. The van der Waals surface area contributed by atoms with Crippen LogP contribution in [0.5, 0.6) is 5.75 Å². The van der Waals surface area contributed by atoms with E-state index in [0.29, 0.717) is 30.3 Å². The minimum absolute atomic E-state index is 0.223. The van der Waals surface area contributed by atoms with Crippen molar-refractivity contribution in [3.8, 4) is 5.75 Å². The largest absolute Gasteiger partial charge is 0.496 e. The van der Waals surface area contributed by atoms with Crippen molar-refractivity contribution in [1.82, 2.24) is 10.6 Å². The zero-order valence-electron chi connectivity index (χ0n) is 12.6. The van der Waals surface area contributed by atoms with Crippen LogP contribution in [0.2, 0.25) is 5.02 Å². The summed E-state index contributed by atoms with van der Waals surface area (Å²) in [4.78, 5) is 11.7. The average molecular weight is 315 g/mol. The highest BCUT2D eigenvalue weighted by Gasteiger charge is 2.09. The van der Waals surface area contributed by atoms with Gasteiger partial charge in [0.2, 0.25) is 0 Å². The molecule has 0 aromatic heterocycles. The topological polar surface area (TPSA) is 70.6 Å². The number of rotatable bonds is 7. The van der Waals surface area contributed by atoms with E-state index < -0.39 is 0 Å². The number of aliphatic hydroxyl groups is 1. The standard InChI is InChI=1S/C15H23ClN2O3/c1-10(6-11(2)19)8-17-15(20)18-9-12-4-5-13(16)7-14(12)21-3/h4-5,7,10-11,19H,6,8-9H2,1-3H3,(H2,17,18,20). The van der Waals surface area contributed by atoms with E-state index >= 15 is 0 Å². The molecule has 3 N–H and O–H groups in total. The van der Waals surface area contributed by atoms with Crippen molar-refractivity contribution >= 4 is 17.6 Å². The molecule has 1 rings (SSSR count). The number of halogens is 1. The van der Waals surface area contributed by atoms with Gasteiger partial charge in [-0.25, -0.2) is 4.79 Å². The first kappa shape index (κ1) is 17.6. The van der Waals surface area contributed by atoms with Crippen LogP contribution in [-0.4, -0.2) is 30.9 Å². The second-order valence-corrected chi connectivity index (χ2v) is 5.65. The molecule has 0 heterocycles. The van der Waals surface area contributed by atoms with Crippen molar-refractivity contribution in [3.05, 3.63) is 28.8 Å². The molecule has 2 unspecified atom stereocenters. The molecule has 0 saturated carbocycles. The second kappa shape index (κ2) is 8.74. The Morgan fingerprint density at radius 1 is 1.38 bits per heavy atom. The molecule has 0 saturated heterocycles. The summed E-state index contributed by atoms with van der Waals surface area (Å²) in [6.45, 7) is 4.60. The van der Waals surface area contributed by atoms with E-state index in [4.69, 9.17) is 16.3 Å². The monoisotopic (exact) mass is 314 g/mol. The summed E-state index contributed by atoms with van der Waals surface area (Å²) in [6, 6.07) is 5.03. The van der Waals surface area contributed by atoms with Crippen LogP contribution >= 0.6 is 11.6 Å². The van der Waals surface area contributed by atoms with E-state index in [-0.39, 0.29) is 18.1 Å².